The predicted octanol–water partition coefficient (Wildman–Crippen LogP) is 0.835. The SMILES string of the molecule is CCNc1ccc(C(=O)NCCCS(N)(=O)=O)c(C)c1. The van der Waals surface area contributed by atoms with Gasteiger partial charge in [-0.1, -0.05) is 0 Å². The predicted molar refractivity (Wildman–Crippen MR) is 80.3 cm³/mol. The Morgan fingerprint density at radius 1 is 1.35 bits per heavy atom. The van der Waals surface area contributed by atoms with Crippen LogP contribution in [0.3, 0.4) is 0 Å². The molecule has 0 aromatic heterocycles. The van der Waals surface area contributed by atoms with Crippen LogP contribution in [0.2, 0.25) is 0 Å². The summed E-state index contributed by atoms with van der Waals surface area (Å²) in [4.78, 5) is 11.9. The van der Waals surface area contributed by atoms with Gasteiger partial charge in [0.15, 0.2) is 0 Å². The molecule has 0 aliphatic rings. The van der Waals surface area contributed by atoms with Crippen molar-refractivity contribution in [2.75, 3.05) is 24.2 Å². The van der Waals surface area contributed by atoms with Gasteiger partial charge < -0.3 is 10.6 Å². The van der Waals surface area contributed by atoms with Crippen LogP contribution >= 0.6 is 0 Å². The number of carbonyl (C=O) groups excluding carboxylic acids is 1. The van der Waals surface area contributed by atoms with E-state index < -0.39 is 10.0 Å². The Hall–Kier alpha value is -1.60. The second-order valence-corrected chi connectivity index (χ2v) is 6.27. The molecule has 0 bridgehead atoms. The van der Waals surface area contributed by atoms with Crippen LogP contribution in [0.5, 0.6) is 0 Å². The molecular weight excluding hydrogens is 278 g/mol. The van der Waals surface area contributed by atoms with Gasteiger partial charge in [0.2, 0.25) is 10.0 Å². The average Bonchev–Trinajstić information content (AvgIpc) is 2.34. The highest BCUT2D eigenvalue weighted by atomic mass is 32.2. The second-order valence-electron chi connectivity index (χ2n) is 4.54. The van der Waals surface area contributed by atoms with E-state index in [9.17, 15) is 13.2 Å². The van der Waals surface area contributed by atoms with Crippen LogP contribution in [0, 0.1) is 6.92 Å². The van der Waals surface area contributed by atoms with E-state index in [1.54, 1.807) is 6.07 Å². The minimum Gasteiger partial charge on any atom is -0.385 e. The smallest absolute Gasteiger partial charge is 0.251 e. The molecule has 1 amide bonds. The third-order valence-electron chi connectivity index (χ3n) is 2.74. The molecule has 0 radical (unpaired) electrons. The first-order valence-corrected chi connectivity index (χ1v) is 8.18. The number of hydrogen-bond donors (Lipinski definition) is 3. The lowest BCUT2D eigenvalue weighted by atomic mass is 10.1. The number of nitrogens with one attached hydrogen (secondary N) is 2. The molecule has 0 atom stereocenters. The van der Waals surface area contributed by atoms with Gasteiger partial charge in [-0.15, -0.1) is 0 Å². The van der Waals surface area contributed by atoms with Crippen LogP contribution in [0.15, 0.2) is 18.2 Å². The molecule has 112 valence electrons. The van der Waals surface area contributed by atoms with Crippen molar-refractivity contribution in [2.45, 2.75) is 20.3 Å². The molecule has 1 aromatic carbocycles. The summed E-state index contributed by atoms with van der Waals surface area (Å²) in [5.41, 5.74) is 2.42. The van der Waals surface area contributed by atoms with E-state index in [2.05, 4.69) is 10.6 Å². The number of carbonyl (C=O) groups is 1. The lowest BCUT2D eigenvalue weighted by Crippen LogP contribution is -2.27. The Kier molecular flexibility index (Phi) is 5.97. The first-order valence-electron chi connectivity index (χ1n) is 6.46. The maximum absolute atomic E-state index is 11.9. The van der Waals surface area contributed by atoms with E-state index in [0.29, 0.717) is 12.0 Å². The molecule has 1 aromatic rings. The first-order chi connectivity index (χ1) is 9.33. The topological polar surface area (TPSA) is 101 Å². The van der Waals surface area contributed by atoms with Crippen LogP contribution in [0.25, 0.3) is 0 Å². The highest BCUT2D eigenvalue weighted by Crippen LogP contribution is 2.14. The number of aryl methyl sites for hydroxylation is 1. The molecule has 0 aliphatic carbocycles. The number of benzene rings is 1. The van der Waals surface area contributed by atoms with Crippen molar-refractivity contribution >= 4 is 21.6 Å². The van der Waals surface area contributed by atoms with Gasteiger partial charge in [0.25, 0.3) is 5.91 Å². The summed E-state index contributed by atoms with van der Waals surface area (Å²) in [5, 5.41) is 10.7. The number of sulfonamides is 1. The maximum atomic E-state index is 11.9. The summed E-state index contributed by atoms with van der Waals surface area (Å²) >= 11 is 0. The molecule has 0 unspecified atom stereocenters. The zero-order valence-corrected chi connectivity index (χ0v) is 12.6. The number of hydrogen-bond acceptors (Lipinski definition) is 4. The molecular formula is C13H21N3O3S. The molecule has 0 fully saturated rings. The van der Waals surface area contributed by atoms with Crippen LogP contribution in [-0.2, 0) is 10.0 Å². The van der Waals surface area contributed by atoms with E-state index in [0.717, 1.165) is 17.8 Å². The molecule has 0 saturated heterocycles. The molecule has 7 heteroatoms. The van der Waals surface area contributed by atoms with Crippen LogP contribution in [-0.4, -0.2) is 33.2 Å². The zero-order chi connectivity index (χ0) is 15.2. The third kappa shape index (κ3) is 5.58. The highest BCUT2D eigenvalue weighted by Gasteiger charge is 2.09. The van der Waals surface area contributed by atoms with Crippen molar-refractivity contribution in [1.29, 1.82) is 0 Å². The fourth-order valence-electron chi connectivity index (χ4n) is 1.80. The van der Waals surface area contributed by atoms with Gasteiger partial charge in [-0.3, -0.25) is 4.79 Å². The van der Waals surface area contributed by atoms with Gasteiger partial charge in [0, 0.05) is 24.3 Å². The standard InChI is InChI=1S/C13H21N3O3S/c1-3-15-11-5-6-12(10(2)9-11)13(17)16-7-4-8-20(14,18)19/h5-6,9,15H,3-4,7-8H2,1-2H3,(H,16,17)(H2,14,18,19). The monoisotopic (exact) mass is 299 g/mol. The number of amides is 1. The summed E-state index contributed by atoms with van der Waals surface area (Å²) in [6, 6.07) is 5.50. The van der Waals surface area contributed by atoms with E-state index in [-0.39, 0.29) is 18.2 Å². The third-order valence-corrected chi connectivity index (χ3v) is 3.60. The van der Waals surface area contributed by atoms with Crippen LogP contribution in [0.4, 0.5) is 5.69 Å². The number of rotatable bonds is 7. The van der Waals surface area contributed by atoms with E-state index in [1.807, 2.05) is 26.0 Å². The minimum atomic E-state index is -3.47. The minimum absolute atomic E-state index is 0.133. The largest absolute Gasteiger partial charge is 0.385 e. The summed E-state index contributed by atoms with van der Waals surface area (Å²) in [7, 11) is -3.47. The normalized spacial score (nSPS) is 11.2. The molecule has 4 N–H and O–H groups in total. The van der Waals surface area contributed by atoms with Crippen molar-refractivity contribution in [1.82, 2.24) is 5.32 Å². The Morgan fingerprint density at radius 3 is 2.60 bits per heavy atom. The fourth-order valence-corrected chi connectivity index (χ4v) is 2.35. The highest BCUT2D eigenvalue weighted by molar-refractivity contribution is 7.89. The summed E-state index contributed by atoms with van der Waals surface area (Å²) in [6.07, 6.45) is 0.305. The molecule has 0 aliphatic heterocycles. The number of anilines is 1. The lowest BCUT2D eigenvalue weighted by Gasteiger charge is -2.10. The van der Waals surface area contributed by atoms with Crippen molar-refractivity contribution < 1.29 is 13.2 Å². The Balaban J connectivity index is 2.55. The van der Waals surface area contributed by atoms with Crippen molar-refractivity contribution in [3.8, 4) is 0 Å². The quantitative estimate of drug-likeness (QED) is 0.649. The van der Waals surface area contributed by atoms with E-state index >= 15 is 0 Å². The van der Waals surface area contributed by atoms with Gasteiger partial charge >= 0.3 is 0 Å². The first kappa shape index (κ1) is 16.5. The number of primary sulfonamides is 1. The molecule has 20 heavy (non-hydrogen) atoms. The molecule has 6 nitrogen and oxygen atoms in total. The molecule has 1 rings (SSSR count). The molecule has 0 saturated carbocycles. The Labute approximate surface area is 119 Å². The summed E-state index contributed by atoms with van der Waals surface area (Å²) < 4.78 is 21.5. The van der Waals surface area contributed by atoms with Gasteiger partial charge in [-0.25, -0.2) is 13.6 Å². The van der Waals surface area contributed by atoms with Gasteiger partial charge in [-0.2, -0.15) is 0 Å². The zero-order valence-electron chi connectivity index (χ0n) is 11.8. The van der Waals surface area contributed by atoms with Gasteiger partial charge in [-0.05, 0) is 44.0 Å². The van der Waals surface area contributed by atoms with Crippen LogP contribution < -0.4 is 15.8 Å². The fraction of sp³-hybridized carbons (Fsp3) is 0.462. The Bertz CT molecular complexity index is 570. The molecule has 0 heterocycles. The summed E-state index contributed by atoms with van der Waals surface area (Å²) in [5.74, 6) is -0.342. The average molecular weight is 299 g/mol. The van der Waals surface area contributed by atoms with Gasteiger partial charge in [0.1, 0.15) is 0 Å². The Morgan fingerprint density at radius 2 is 2.05 bits per heavy atom. The van der Waals surface area contributed by atoms with Gasteiger partial charge in [0.05, 0.1) is 5.75 Å². The van der Waals surface area contributed by atoms with E-state index in [4.69, 9.17) is 5.14 Å². The number of nitrogens with two attached hydrogens (primary N) is 1. The second kappa shape index (κ2) is 7.25. The maximum Gasteiger partial charge on any atom is 0.251 e. The van der Waals surface area contributed by atoms with E-state index in [1.165, 1.54) is 0 Å². The summed E-state index contributed by atoms with van der Waals surface area (Å²) in [6.45, 7) is 4.96. The van der Waals surface area contributed by atoms with Crippen LogP contribution in [0.1, 0.15) is 29.3 Å². The molecule has 0 spiro atoms. The van der Waals surface area contributed by atoms with Crippen molar-refractivity contribution in [3.05, 3.63) is 29.3 Å². The lowest BCUT2D eigenvalue weighted by molar-refractivity contribution is 0.0953. The van der Waals surface area contributed by atoms with Crippen molar-refractivity contribution in [2.24, 2.45) is 5.14 Å². The van der Waals surface area contributed by atoms with Crippen molar-refractivity contribution in [3.63, 3.8) is 0 Å².